The van der Waals surface area contributed by atoms with Crippen molar-refractivity contribution in [2.75, 3.05) is 32.4 Å². The van der Waals surface area contributed by atoms with Crippen LogP contribution < -0.4 is 5.32 Å². The molecule has 0 radical (unpaired) electrons. The van der Waals surface area contributed by atoms with E-state index in [-0.39, 0.29) is 5.91 Å². The lowest BCUT2D eigenvalue weighted by Gasteiger charge is -2.38. The zero-order valence-electron chi connectivity index (χ0n) is 12.8. The predicted octanol–water partition coefficient (Wildman–Crippen LogP) is 0.802. The molecule has 3 aliphatic rings. The molecule has 1 N–H and O–H groups in total. The van der Waals surface area contributed by atoms with E-state index in [4.69, 9.17) is 0 Å². The molecule has 3 rings (SSSR count). The Hall–Kier alpha value is -0.620. The number of rotatable bonds is 6. The summed E-state index contributed by atoms with van der Waals surface area (Å²) in [7, 11) is -3.39. The second-order valence-electron chi connectivity index (χ2n) is 7.11. The Bertz CT molecular complexity index is 489. The fourth-order valence-electron chi connectivity index (χ4n) is 3.33. The Morgan fingerprint density at radius 3 is 1.95 bits per heavy atom. The summed E-state index contributed by atoms with van der Waals surface area (Å²) in [6, 6.07) is 0. The highest BCUT2D eigenvalue weighted by Crippen LogP contribution is 2.37. The highest BCUT2D eigenvalue weighted by molar-refractivity contribution is 7.92. The van der Waals surface area contributed by atoms with Gasteiger partial charge < -0.3 is 10.2 Å². The first-order valence-electron chi connectivity index (χ1n) is 8.12. The van der Waals surface area contributed by atoms with E-state index in [1.807, 2.05) is 4.90 Å². The van der Waals surface area contributed by atoms with Crippen molar-refractivity contribution in [3.63, 3.8) is 0 Å². The number of sulfone groups is 1. The Balaban J connectivity index is 1.82. The van der Waals surface area contributed by atoms with Crippen LogP contribution in [-0.4, -0.2) is 56.4 Å². The maximum absolute atomic E-state index is 13.1. The van der Waals surface area contributed by atoms with Crippen molar-refractivity contribution in [1.82, 2.24) is 10.2 Å². The topological polar surface area (TPSA) is 66.5 Å². The van der Waals surface area contributed by atoms with Crippen LogP contribution in [-0.2, 0) is 14.6 Å². The average Bonchev–Trinajstić information content (AvgIpc) is 3.32. The summed E-state index contributed by atoms with van der Waals surface area (Å²) < 4.78 is 23.6. The molecule has 0 aromatic rings. The molecule has 5 nitrogen and oxygen atoms in total. The molecule has 6 heteroatoms. The van der Waals surface area contributed by atoms with Gasteiger partial charge in [0.2, 0.25) is 5.91 Å². The summed E-state index contributed by atoms with van der Waals surface area (Å²) in [6.07, 6.45) is 6.79. The number of nitrogens with one attached hydrogen (secondary N) is 1. The Labute approximate surface area is 127 Å². The lowest BCUT2D eigenvalue weighted by molar-refractivity contribution is -0.135. The van der Waals surface area contributed by atoms with Gasteiger partial charge in [-0.1, -0.05) is 0 Å². The Kier molecular flexibility index (Phi) is 4.03. The normalized spacial score (nSPS) is 25.6. The van der Waals surface area contributed by atoms with E-state index < -0.39 is 14.6 Å². The number of amides is 1. The van der Waals surface area contributed by atoms with E-state index in [2.05, 4.69) is 5.32 Å². The van der Waals surface area contributed by atoms with Crippen LogP contribution in [0.3, 0.4) is 0 Å². The van der Waals surface area contributed by atoms with Crippen molar-refractivity contribution in [3.05, 3.63) is 0 Å². The molecule has 1 saturated heterocycles. The molecular weight excluding hydrogens is 288 g/mol. The lowest BCUT2D eigenvalue weighted by Crippen LogP contribution is -2.58. The number of carbonyl (C=O) groups is 1. The molecule has 120 valence electrons. The van der Waals surface area contributed by atoms with Crippen LogP contribution in [0.5, 0.6) is 0 Å². The van der Waals surface area contributed by atoms with Crippen LogP contribution in [0.15, 0.2) is 0 Å². The summed E-state index contributed by atoms with van der Waals surface area (Å²) >= 11 is 0. The van der Waals surface area contributed by atoms with Crippen LogP contribution in [0.1, 0.15) is 38.5 Å². The summed E-state index contributed by atoms with van der Waals surface area (Å²) in [6.45, 7) is 2.75. The minimum atomic E-state index is -3.39. The largest absolute Gasteiger partial charge is 0.341 e. The van der Waals surface area contributed by atoms with Crippen LogP contribution in [0, 0.1) is 11.8 Å². The number of carbonyl (C=O) groups excluding carboxylic acids is 1. The summed E-state index contributed by atoms with van der Waals surface area (Å²) in [5, 5.41) is 3.18. The monoisotopic (exact) mass is 314 g/mol. The van der Waals surface area contributed by atoms with Crippen LogP contribution in [0.4, 0.5) is 0 Å². The van der Waals surface area contributed by atoms with E-state index in [1.54, 1.807) is 0 Å². The standard InChI is InChI=1S/C15H26N2O3S/c1-21(19,20)15(6-8-16-9-7-15)14(18)17(10-12-2-3-12)11-13-4-5-13/h12-13,16H,2-11H2,1H3. The van der Waals surface area contributed by atoms with Crippen molar-refractivity contribution in [1.29, 1.82) is 0 Å². The van der Waals surface area contributed by atoms with E-state index in [9.17, 15) is 13.2 Å². The maximum atomic E-state index is 13.1. The van der Waals surface area contributed by atoms with Gasteiger partial charge in [0, 0.05) is 19.3 Å². The molecule has 0 spiro atoms. The van der Waals surface area contributed by atoms with Gasteiger partial charge in [-0.25, -0.2) is 8.42 Å². The fourth-order valence-corrected chi connectivity index (χ4v) is 4.72. The highest BCUT2D eigenvalue weighted by atomic mass is 32.2. The fraction of sp³-hybridized carbons (Fsp3) is 0.933. The number of hydrogen-bond donors (Lipinski definition) is 1. The average molecular weight is 314 g/mol. The second-order valence-corrected chi connectivity index (χ2v) is 9.44. The molecule has 2 saturated carbocycles. The van der Waals surface area contributed by atoms with Gasteiger partial charge in [0.1, 0.15) is 0 Å². The van der Waals surface area contributed by atoms with Crippen molar-refractivity contribution < 1.29 is 13.2 Å². The molecule has 3 fully saturated rings. The first-order chi connectivity index (χ1) is 9.92. The van der Waals surface area contributed by atoms with Gasteiger partial charge in [-0.05, 0) is 63.5 Å². The zero-order chi connectivity index (χ0) is 15.1. The number of piperidine rings is 1. The number of hydrogen-bond acceptors (Lipinski definition) is 4. The van der Waals surface area contributed by atoms with Gasteiger partial charge in [-0.3, -0.25) is 4.79 Å². The van der Waals surface area contributed by atoms with E-state index in [0.29, 0.717) is 37.8 Å². The molecule has 0 atom stereocenters. The van der Waals surface area contributed by atoms with Gasteiger partial charge in [0.05, 0.1) is 0 Å². The maximum Gasteiger partial charge on any atom is 0.244 e. The molecule has 2 aliphatic carbocycles. The lowest BCUT2D eigenvalue weighted by atomic mass is 9.94. The molecule has 1 amide bonds. The van der Waals surface area contributed by atoms with E-state index in [0.717, 1.165) is 13.1 Å². The van der Waals surface area contributed by atoms with E-state index in [1.165, 1.54) is 31.9 Å². The first kappa shape index (κ1) is 15.3. The predicted molar refractivity (Wildman–Crippen MR) is 81.7 cm³/mol. The third-order valence-electron chi connectivity index (χ3n) is 5.15. The van der Waals surface area contributed by atoms with Crippen molar-refractivity contribution >= 4 is 15.7 Å². The van der Waals surface area contributed by atoms with Gasteiger partial charge in [0.15, 0.2) is 14.6 Å². The zero-order valence-corrected chi connectivity index (χ0v) is 13.6. The molecule has 0 bridgehead atoms. The quantitative estimate of drug-likeness (QED) is 0.787. The van der Waals surface area contributed by atoms with Crippen LogP contribution >= 0.6 is 0 Å². The first-order valence-corrected chi connectivity index (χ1v) is 10.0. The van der Waals surface area contributed by atoms with Crippen molar-refractivity contribution in [3.8, 4) is 0 Å². The Morgan fingerprint density at radius 2 is 1.57 bits per heavy atom. The minimum Gasteiger partial charge on any atom is -0.341 e. The second kappa shape index (κ2) is 5.54. The van der Waals surface area contributed by atoms with E-state index >= 15 is 0 Å². The number of nitrogens with zero attached hydrogens (tertiary/aromatic N) is 1. The van der Waals surface area contributed by atoms with Gasteiger partial charge in [-0.15, -0.1) is 0 Å². The summed E-state index contributed by atoms with van der Waals surface area (Å²) in [5.74, 6) is 1.09. The minimum absolute atomic E-state index is 0.120. The molecule has 1 aliphatic heterocycles. The third-order valence-corrected chi connectivity index (χ3v) is 7.15. The third kappa shape index (κ3) is 3.26. The van der Waals surface area contributed by atoms with Gasteiger partial charge in [-0.2, -0.15) is 0 Å². The van der Waals surface area contributed by atoms with Crippen molar-refractivity contribution in [2.45, 2.75) is 43.3 Å². The molecule has 1 heterocycles. The molecule has 0 aromatic carbocycles. The molecule has 0 unspecified atom stereocenters. The van der Waals surface area contributed by atoms with Crippen LogP contribution in [0.2, 0.25) is 0 Å². The molecular formula is C15H26N2O3S. The molecule has 21 heavy (non-hydrogen) atoms. The summed E-state index contributed by atoms with van der Waals surface area (Å²) in [4.78, 5) is 15.0. The smallest absolute Gasteiger partial charge is 0.244 e. The summed E-state index contributed by atoms with van der Waals surface area (Å²) in [5.41, 5.74) is 0. The highest BCUT2D eigenvalue weighted by Gasteiger charge is 2.51. The molecule has 0 aromatic heterocycles. The van der Waals surface area contributed by atoms with Gasteiger partial charge in [0.25, 0.3) is 0 Å². The Morgan fingerprint density at radius 1 is 1.10 bits per heavy atom. The van der Waals surface area contributed by atoms with Crippen molar-refractivity contribution in [2.24, 2.45) is 11.8 Å². The van der Waals surface area contributed by atoms with Gasteiger partial charge >= 0.3 is 0 Å². The SMILES string of the molecule is CS(=O)(=O)C1(C(=O)N(CC2CC2)CC2CC2)CCNCC1. The van der Waals surface area contributed by atoms with Crippen LogP contribution in [0.25, 0.3) is 0 Å².